The van der Waals surface area contributed by atoms with Gasteiger partial charge in [-0.2, -0.15) is 8.42 Å². The molecule has 2 heterocycles. The number of rotatable bonds is 6. The van der Waals surface area contributed by atoms with Crippen LogP contribution in [0.3, 0.4) is 0 Å². The third-order valence-corrected chi connectivity index (χ3v) is 7.44. The van der Waals surface area contributed by atoms with Gasteiger partial charge in [0.1, 0.15) is 17.8 Å². The third-order valence-electron chi connectivity index (χ3n) is 6.97. The van der Waals surface area contributed by atoms with E-state index in [2.05, 4.69) is 70.2 Å². The van der Waals surface area contributed by atoms with Gasteiger partial charge in [-0.1, -0.05) is 38.1 Å². The van der Waals surface area contributed by atoms with Gasteiger partial charge in [0.05, 0.1) is 18.0 Å². The fraction of sp³-hybridized carbons (Fsp3) is 0.478. The van der Waals surface area contributed by atoms with E-state index in [4.69, 9.17) is 9.32 Å². The molecule has 0 spiro atoms. The standard InChI is InChI=1S/C23H29N5O3S/c1-23(2)12-20(17-5-3-4-6-19(17)23)27-21-18-9-10-28(22(18)26-14-25-21)16-8-7-15(11-16)13-31-32(24,29)30/h3-6,9-10,14-16,20H,7-8,11-13H2,1-2H3,(H2,24,29,30)(H,25,26,27)/t15-,16?,20+/m0/s1. The van der Waals surface area contributed by atoms with Gasteiger partial charge in [-0.3, -0.25) is 4.18 Å². The predicted octanol–water partition coefficient (Wildman–Crippen LogP) is 3.83. The van der Waals surface area contributed by atoms with Gasteiger partial charge >= 0.3 is 10.3 Å². The normalized spacial score (nSPS) is 24.7. The minimum Gasteiger partial charge on any atom is -0.363 e. The van der Waals surface area contributed by atoms with Gasteiger partial charge in [-0.25, -0.2) is 15.1 Å². The predicted molar refractivity (Wildman–Crippen MR) is 123 cm³/mol. The van der Waals surface area contributed by atoms with Crippen molar-refractivity contribution in [3.8, 4) is 0 Å². The van der Waals surface area contributed by atoms with Crippen molar-refractivity contribution in [3.63, 3.8) is 0 Å². The average molecular weight is 456 g/mol. The monoisotopic (exact) mass is 455 g/mol. The Morgan fingerprint density at radius 2 is 2.03 bits per heavy atom. The summed E-state index contributed by atoms with van der Waals surface area (Å²) in [6, 6.07) is 11.1. The molecule has 5 rings (SSSR count). The number of aromatic nitrogens is 3. The molecule has 0 radical (unpaired) electrons. The Morgan fingerprint density at radius 3 is 2.84 bits per heavy atom. The van der Waals surface area contributed by atoms with Crippen LogP contribution in [0.5, 0.6) is 0 Å². The van der Waals surface area contributed by atoms with Crippen molar-refractivity contribution in [1.82, 2.24) is 14.5 Å². The zero-order chi connectivity index (χ0) is 22.5. The molecule has 8 nitrogen and oxygen atoms in total. The summed E-state index contributed by atoms with van der Waals surface area (Å²) in [4.78, 5) is 9.14. The summed E-state index contributed by atoms with van der Waals surface area (Å²) >= 11 is 0. The molecular weight excluding hydrogens is 426 g/mol. The number of fused-ring (bicyclic) bond motifs is 2. The van der Waals surface area contributed by atoms with Crippen LogP contribution in [0.15, 0.2) is 42.9 Å². The molecule has 1 aromatic carbocycles. The number of hydrogen-bond donors (Lipinski definition) is 2. The third kappa shape index (κ3) is 4.00. The number of nitrogens with two attached hydrogens (primary N) is 1. The van der Waals surface area contributed by atoms with Crippen molar-refractivity contribution in [2.75, 3.05) is 11.9 Å². The molecule has 0 bridgehead atoms. The maximum Gasteiger partial charge on any atom is 0.333 e. The van der Waals surface area contributed by atoms with Crippen LogP contribution in [-0.4, -0.2) is 29.6 Å². The minimum atomic E-state index is -3.90. The Morgan fingerprint density at radius 1 is 1.22 bits per heavy atom. The van der Waals surface area contributed by atoms with Gasteiger partial charge in [0, 0.05) is 12.2 Å². The number of anilines is 1. The Bertz CT molecular complexity index is 1250. The molecule has 3 atom stereocenters. The zero-order valence-corrected chi connectivity index (χ0v) is 19.2. The Balaban J connectivity index is 1.37. The first-order valence-corrected chi connectivity index (χ1v) is 12.5. The summed E-state index contributed by atoms with van der Waals surface area (Å²) in [6.45, 7) is 4.71. The summed E-state index contributed by atoms with van der Waals surface area (Å²) in [7, 11) is -3.90. The van der Waals surface area contributed by atoms with Crippen LogP contribution in [-0.2, 0) is 19.9 Å². The lowest BCUT2D eigenvalue weighted by Gasteiger charge is -2.20. The highest BCUT2D eigenvalue weighted by Gasteiger charge is 2.37. The lowest BCUT2D eigenvalue weighted by molar-refractivity contribution is 0.253. The van der Waals surface area contributed by atoms with E-state index >= 15 is 0 Å². The average Bonchev–Trinajstić information content (AvgIpc) is 3.43. The fourth-order valence-electron chi connectivity index (χ4n) is 5.47. The Labute approximate surface area is 188 Å². The summed E-state index contributed by atoms with van der Waals surface area (Å²) < 4.78 is 29.2. The Kier molecular flexibility index (Phi) is 5.22. The maximum atomic E-state index is 11.1. The van der Waals surface area contributed by atoms with E-state index in [0.29, 0.717) is 0 Å². The molecule has 1 unspecified atom stereocenters. The Hall–Kier alpha value is -2.49. The van der Waals surface area contributed by atoms with E-state index in [1.54, 1.807) is 6.33 Å². The number of nitrogens with one attached hydrogen (secondary N) is 1. The molecule has 2 aliphatic carbocycles. The van der Waals surface area contributed by atoms with Gasteiger partial charge in [0.2, 0.25) is 0 Å². The molecule has 2 aliphatic rings. The topological polar surface area (TPSA) is 112 Å². The SMILES string of the molecule is CC1(C)C[C@@H](Nc2ncnc3c2ccn3C2CC[C@H](COS(N)(=O)=O)C2)c2ccccc21. The van der Waals surface area contributed by atoms with Crippen LogP contribution in [0.4, 0.5) is 5.82 Å². The maximum absolute atomic E-state index is 11.1. The number of nitrogens with zero attached hydrogens (tertiary/aromatic N) is 3. The van der Waals surface area contributed by atoms with Gasteiger partial charge in [-0.15, -0.1) is 0 Å². The molecule has 32 heavy (non-hydrogen) atoms. The second-order valence-electron chi connectivity index (χ2n) is 9.66. The van der Waals surface area contributed by atoms with E-state index in [0.717, 1.165) is 42.5 Å². The van der Waals surface area contributed by atoms with E-state index in [1.165, 1.54) is 11.1 Å². The smallest absolute Gasteiger partial charge is 0.333 e. The van der Waals surface area contributed by atoms with E-state index < -0.39 is 10.3 Å². The molecular formula is C23H29N5O3S. The van der Waals surface area contributed by atoms with E-state index in [9.17, 15) is 8.42 Å². The van der Waals surface area contributed by atoms with Crippen LogP contribution < -0.4 is 10.5 Å². The second kappa shape index (κ2) is 7.83. The van der Waals surface area contributed by atoms with Crippen LogP contribution in [0.1, 0.15) is 62.7 Å². The first kappa shape index (κ1) is 21.4. The molecule has 9 heteroatoms. The highest BCUT2D eigenvalue weighted by Crippen LogP contribution is 2.46. The summed E-state index contributed by atoms with van der Waals surface area (Å²) in [5.41, 5.74) is 3.73. The van der Waals surface area contributed by atoms with Crippen molar-refractivity contribution in [3.05, 3.63) is 54.0 Å². The van der Waals surface area contributed by atoms with Crippen molar-refractivity contribution >= 4 is 27.2 Å². The van der Waals surface area contributed by atoms with Gasteiger partial charge < -0.3 is 9.88 Å². The van der Waals surface area contributed by atoms with Crippen molar-refractivity contribution in [2.45, 2.75) is 57.0 Å². The lowest BCUT2D eigenvalue weighted by Crippen LogP contribution is -2.19. The molecule has 170 valence electrons. The first-order valence-electron chi connectivity index (χ1n) is 11.1. The van der Waals surface area contributed by atoms with Crippen LogP contribution in [0, 0.1) is 5.92 Å². The first-order chi connectivity index (χ1) is 15.2. The van der Waals surface area contributed by atoms with Crippen LogP contribution >= 0.6 is 0 Å². The molecule has 3 N–H and O–H groups in total. The van der Waals surface area contributed by atoms with Gasteiger partial charge in [0.25, 0.3) is 0 Å². The highest BCUT2D eigenvalue weighted by atomic mass is 32.2. The lowest BCUT2D eigenvalue weighted by atomic mass is 9.86. The van der Waals surface area contributed by atoms with Crippen molar-refractivity contribution in [2.24, 2.45) is 11.1 Å². The summed E-state index contributed by atoms with van der Waals surface area (Å²) in [5.74, 6) is 1.01. The van der Waals surface area contributed by atoms with E-state index in [1.807, 2.05) is 0 Å². The summed E-state index contributed by atoms with van der Waals surface area (Å²) in [5, 5.41) is 9.65. The summed E-state index contributed by atoms with van der Waals surface area (Å²) in [6.07, 6.45) is 7.35. The van der Waals surface area contributed by atoms with Crippen LogP contribution in [0.25, 0.3) is 11.0 Å². The molecule has 0 saturated heterocycles. The van der Waals surface area contributed by atoms with E-state index in [-0.39, 0.29) is 30.0 Å². The van der Waals surface area contributed by atoms with Crippen LogP contribution in [0.2, 0.25) is 0 Å². The van der Waals surface area contributed by atoms with Crippen molar-refractivity contribution in [1.29, 1.82) is 0 Å². The van der Waals surface area contributed by atoms with Gasteiger partial charge in [-0.05, 0) is 54.2 Å². The molecule has 2 aromatic heterocycles. The largest absolute Gasteiger partial charge is 0.363 e. The fourth-order valence-corrected chi connectivity index (χ4v) is 5.85. The molecule has 1 fully saturated rings. The molecule has 1 saturated carbocycles. The van der Waals surface area contributed by atoms with Gasteiger partial charge in [0.15, 0.2) is 0 Å². The molecule has 0 amide bonds. The molecule has 0 aliphatic heterocycles. The van der Waals surface area contributed by atoms with Crippen molar-refractivity contribution < 1.29 is 12.6 Å². The minimum absolute atomic E-state index is 0.115. The second-order valence-corrected chi connectivity index (χ2v) is 10.9. The quantitative estimate of drug-likeness (QED) is 0.584. The molecule has 3 aromatic rings. The zero-order valence-electron chi connectivity index (χ0n) is 18.4. The number of hydrogen-bond acceptors (Lipinski definition) is 6. The highest BCUT2D eigenvalue weighted by molar-refractivity contribution is 7.84. The number of benzene rings is 1.